The summed E-state index contributed by atoms with van der Waals surface area (Å²) in [4.78, 5) is 26.0. The summed E-state index contributed by atoms with van der Waals surface area (Å²) in [6.07, 6.45) is 7.63. The number of nitrogens with zero attached hydrogens (tertiary/aromatic N) is 1. The molecule has 1 aliphatic heterocycles. The molecule has 1 atom stereocenters. The number of hydrogen-bond donors (Lipinski definition) is 0. The Morgan fingerprint density at radius 2 is 1.90 bits per heavy atom. The summed E-state index contributed by atoms with van der Waals surface area (Å²) in [5, 5.41) is 0. The van der Waals surface area contributed by atoms with Crippen LogP contribution >= 0.6 is 0 Å². The van der Waals surface area contributed by atoms with Crippen molar-refractivity contribution in [3.05, 3.63) is 22.9 Å². The van der Waals surface area contributed by atoms with Crippen LogP contribution in [0.4, 0.5) is 0 Å². The average Bonchev–Trinajstić information content (AvgIpc) is 2.64. The van der Waals surface area contributed by atoms with Crippen LogP contribution in [0.5, 0.6) is 0 Å². The fourth-order valence-electron chi connectivity index (χ4n) is 2.67. The number of allylic oxidation sites excluding steroid dienone is 3. The third kappa shape index (κ3) is 3.38. The van der Waals surface area contributed by atoms with Gasteiger partial charge in [0.05, 0.1) is 11.3 Å². The van der Waals surface area contributed by atoms with Gasteiger partial charge in [-0.2, -0.15) is 0 Å². The molecule has 0 N–H and O–H groups in total. The first-order valence-electron chi connectivity index (χ1n) is 7.65. The van der Waals surface area contributed by atoms with E-state index in [1.807, 2.05) is 6.92 Å². The Labute approximate surface area is 122 Å². The lowest BCUT2D eigenvalue weighted by Gasteiger charge is -2.14. The molecular formula is C17H27NO2. The standard InChI is InChI=1S/C17H27NO2/c1-6-8-9-10-11-12(3)13(4)15-16(19)14(7-2)18(5)17(15)20/h7,12H,6,8-11H2,1-5H3/b14-7+,15-13+/t12-/m0/s1. The summed E-state index contributed by atoms with van der Waals surface area (Å²) in [5.74, 6) is 0.0262. The number of rotatable bonds is 6. The van der Waals surface area contributed by atoms with Crippen LogP contribution in [-0.4, -0.2) is 23.6 Å². The van der Waals surface area contributed by atoms with Crippen LogP contribution in [-0.2, 0) is 9.59 Å². The Kier molecular flexibility index (Phi) is 6.18. The molecule has 0 unspecified atom stereocenters. The number of carbonyl (C=O) groups excluding carboxylic acids is 2. The third-order valence-corrected chi connectivity index (χ3v) is 4.24. The summed E-state index contributed by atoms with van der Waals surface area (Å²) in [7, 11) is 1.67. The van der Waals surface area contributed by atoms with Crippen molar-refractivity contribution in [2.45, 2.75) is 59.8 Å². The van der Waals surface area contributed by atoms with Gasteiger partial charge in [0.1, 0.15) is 0 Å². The van der Waals surface area contributed by atoms with Gasteiger partial charge < -0.3 is 4.90 Å². The van der Waals surface area contributed by atoms with Crippen molar-refractivity contribution in [3.8, 4) is 0 Å². The van der Waals surface area contributed by atoms with Crippen molar-refractivity contribution in [2.75, 3.05) is 7.05 Å². The predicted octanol–water partition coefficient (Wildman–Crippen LogP) is 3.85. The average molecular weight is 277 g/mol. The lowest BCUT2D eigenvalue weighted by Crippen LogP contribution is -2.19. The maximum Gasteiger partial charge on any atom is 0.262 e. The molecule has 0 aliphatic carbocycles. The van der Waals surface area contributed by atoms with Gasteiger partial charge in [0.15, 0.2) is 0 Å². The molecule has 1 saturated heterocycles. The van der Waals surface area contributed by atoms with Crippen molar-refractivity contribution in [2.24, 2.45) is 5.92 Å². The molecule has 112 valence electrons. The van der Waals surface area contributed by atoms with E-state index in [0.29, 0.717) is 17.2 Å². The predicted molar refractivity (Wildman–Crippen MR) is 82.2 cm³/mol. The Morgan fingerprint density at radius 3 is 2.40 bits per heavy atom. The summed E-state index contributed by atoms with van der Waals surface area (Å²) in [5.41, 5.74) is 1.84. The number of amides is 1. The molecule has 0 aromatic carbocycles. The summed E-state index contributed by atoms with van der Waals surface area (Å²) in [6.45, 7) is 8.04. The molecule has 1 fully saturated rings. The number of likely N-dealkylation sites (tertiary alicyclic amines) is 1. The fourth-order valence-corrected chi connectivity index (χ4v) is 2.67. The number of Topliss-reactive ketones (excluding diaryl/α,β-unsaturated/α-hetero) is 1. The molecule has 1 amide bonds. The molecule has 0 spiro atoms. The lowest BCUT2D eigenvalue weighted by molar-refractivity contribution is -0.122. The van der Waals surface area contributed by atoms with Crippen LogP contribution in [0.3, 0.4) is 0 Å². The summed E-state index contributed by atoms with van der Waals surface area (Å²) in [6, 6.07) is 0. The Hall–Kier alpha value is -1.38. The second-order valence-corrected chi connectivity index (χ2v) is 5.68. The van der Waals surface area contributed by atoms with Crippen LogP contribution in [0, 0.1) is 5.92 Å². The maximum absolute atomic E-state index is 12.3. The molecule has 0 aromatic heterocycles. The highest BCUT2D eigenvalue weighted by Gasteiger charge is 2.37. The molecule has 3 heteroatoms. The minimum Gasteiger partial charge on any atom is -0.308 e. The molecule has 0 radical (unpaired) electrons. The number of ketones is 1. The van der Waals surface area contributed by atoms with E-state index in [2.05, 4.69) is 13.8 Å². The highest BCUT2D eigenvalue weighted by Crippen LogP contribution is 2.29. The van der Waals surface area contributed by atoms with E-state index in [9.17, 15) is 9.59 Å². The SMILES string of the molecule is C/C=C1\C(=O)/C(=C(/C)[C@@H](C)CCCCCC)C(=O)N1C. The van der Waals surface area contributed by atoms with Crippen molar-refractivity contribution in [1.29, 1.82) is 0 Å². The molecule has 1 heterocycles. The molecule has 1 rings (SSSR count). The summed E-state index contributed by atoms with van der Waals surface area (Å²) < 4.78 is 0. The van der Waals surface area contributed by atoms with Crippen molar-refractivity contribution in [3.63, 3.8) is 0 Å². The van der Waals surface area contributed by atoms with Crippen LogP contribution < -0.4 is 0 Å². The Morgan fingerprint density at radius 1 is 1.25 bits per heavy atom. The first kappa shape index (κ1) is 16.7. The highest BCUT2D eigenvalue weighted by atomic mass is 16.2. The number of carbonyl (C=O) groups is 2. The highest BCUT2D eigenvalue weighted by molar-refractivity contribution is 6.32. The van der Waals surface area contributed by atoms with Crippen molar-refractivity contribution < 1.29 is 9.59 Å². The van der Waals surface area contributed by atoms with E-state index in [1.54, 1.807) is 20.0 Å². The van der Waals surface area contributed by atoms with E-state index in [1.165, 1.54) is 24.2 Å². The normalized spacial score (nSPS) is 21.9. The minimum absolute atomic E-state index is 0.113. The third-order valence-electron chi connectivity index (χ3n) is 4.24. The second-order valence-electron chi connectivity index (χ2n) is 5.68. The van der Waals surface area contributed by atoms with Gasteiger partial charge in [0.2, 0.25) is 5.78 Å². The molecule has 3 nitrogen and oxygen atoms in total. The van der Waals surface area contributed by atoms with Crippen molar-refractivity contribution in [1.82, 2.24) is 4.90 Å². The smallest absolute Gasteiger partial charge is 0.262 e. The first-order chi connectivity index (χ1) is 9.45. The van der Waals surface area contributed by atoms with Gasteiger partial charge in [-0.15, -0.1) is 0 Å². The van der Waals surface area contributed by atoms with Crippen LogP contribution in [0.25, 0.3) is 0 Å². The number of unbranched alkanes of at least 4 members (excludes halogenated alkanes) is 3. The van der Waals surface area contributed by atoms with Gasteiger partial charge in [-0.25, -0.2) is 0 Å². The van der Waals surface area contributed by atoms with Gasteiger partial charge >= 0.3 is 0 Å². The second kappa shape index (κ2) is 7.41. The molecule has 1 aliphatic rings. The molecule has 0 aromatic rings. The zero-order valence-electron chi connectivity index (χ0n) is 13.5. The zero-order chi connectivity index (χ0) is 15.3. The van der Waals surface area contributed by atoms with Gasteiger partial charge in [0, 0.05) is 7.05 Å². The monoisotopic (exact) mass is 277 g/mol. The summed E-state index contributed by atoms with van der Waals surface area (Å²) >= 11 is 0. The van der Waals surface area contributed by atoms with E-state index >= 15 is 0 Å². The largest absolute Gasteiger partial charge is 0.308 e. The Bertz CT molecular complexity index is 446. The van der Waals surface area contributed by atoms with Crippen LogP contribution in [0.1, 0.15) is 59.8 Å². The molecule has 0 bridgehead atoms. The maximum atomic E-state index is 12.3. The Balaban J connectivity index is 2.84. The van der Waals surface area contributed by atoms with Gasteiger partial charge in [-0.1, -0.05) is 51.2 Å². The van der Waals surface area contributed by atoms with Crippen LogP contribution in [0.15, 0.2) is 22.9 Å². The number of hydrogen-bond acceptors (Lipinski definition) is 2. The molecule has 20 heavy (non-hydrogen) atoms. The molecular weight excluding hydrogens is 250 g/mol. The van der Waals surface area contributed by atoms with Gasteiger partial charge in [-0.05, 0) is 26.2 Å². The zero-order valence-corrected chi connectivity index (χ0v) is 13.5. The van der Waals surface area contributed by atoms with E-state index in [-0.39, 0.29) is 11.7 Å². The lowest BCUT2D eigenvalue weighted by atomic mass is 9.91. The van der Waals surface area contributed by atoms with E-state index in [0.717, 1.165) is 18.4 Å². The first-order valence-corrected chi connectivity index (χ1v) is 7.65. The molecule has 0 saturated carbocycles. The minimum atomic E-state index is -0.152. The quantitative estimate of drug-likeness (QED) is 0.420. The van der Waals surface area contributed by atoms with Crippen LogP contribution in [0.2, 0.25) is 0 Å². The van der Waals surface area contributed by atoms with Crippen molar-refractivity contribution >= 4 is 11.7 Å². The van der Waals surface area contributed by atoms with Gasteiger partial charge in [-0.3, -0.25) is 9.59 Å². The van der Waals surface area contributed by atoms with E-state index in [4.69, 9.17) is 0 Å². The number of likely N-dealkylation sites (N-methyl/N-ethyl adjacent to an activating group) is 1. The van der Waals surface area contributed by atoms with Gasteiger partial charge in [0.25, 0.3) is 5.91 Å². The topological polar surface area (TPSA) is 37.4 Å². The van der Waals surface area contributed by atoms with E-state index < -0.39 is 0 Å². The fraction of sp³-hybridized carbons (Fsp3) is 0.647.